The molecule has 0 spiro atoms. The van der Waals surface area contributed by atoms with Gasteiger partial charge in [0.1, 0.15) is 30.3 Å². The summed E-state index contributed by atoms with van der Waals surface area (Å²) in [6.07, 6.45) is -6.80. The van der Waals surface area contributed by atoms with Crippen LogP contribution in [0.5, 0.6) is 0 Å². The molecule has 3 aromatic rings. The van der Waals surface area contributed by atoms with E-state index in [9.17, 15) is 13.9 Å². The number of aromatic amines is 1. The topological polar surface area (TPSA) is 258 Å². The first-order chi connectivity index (χ1) is 20.9. The Morgan fingerprint density at radius 1 is 1.02 bits per heavy atom. The summed E-state index contributed by atoms with van der Waals surface area (Å²) < 4.78 is 78.3. The number of nitrogens with two attached hydrogens (primary N) is 2. The van der Waals surface area contributed by atoms with E-state index in [1.54, 1.807) is 0 Å². The number of nitrogens with zero attached hydrogens (tertiary/aromatic N) is 6. The van der Waals surface area contributed by atoms with Gasteiger partial charge < -0.3 is 20.9 Å². The van der Waals surface area contributed by atoms with Gasteiger partial charge in [0.25, 0.3) is 5.56 Å². The number of hydrogen-bond donors (Lipinski definition) is 7. The number of halogens is 1. The molecule has 44 heavy (non-hydrogen) atoms. The number of rotatable bonds is 2. The van der Waals surface area contributed by atoms with Crippen molar-refractivity contribution in [2.45, 2.75) is 49.5 Å². The summed E-state index contributed by atoms with van der Waals surface area (Å²) in [5.41, 5.74) is 16.7. The molecule has 7 N–H and O–H groups in total. The second-order valence-electron chi connectivity index (χ2n) is 9.98. The van der Waals surface area contributed by atoms with Crippen molar-refractivity contribution in [1.29, 1.82) is 0 Å². The van der Waals surface area contributed by atoms with Crippen LogP contribution in [0.4, 0.5) is 27.7 Å². The van der Waals surface area contributed by atoms with E-state index in [2.05, 4.69) is 60.4 Å². The Kier molecular flexibility index (Phi) is 7.56. The van der Waals surface area contributed by atoms with Crippen molar-refractivity contribution in [2.75, 3.05) is 35.1 Å². The highest BCUT2D eigenvalue weighted by Crippen LogP contribution is 2.60. The molecule has 3 fully saturated rings. The summed E-state index contributed by atoms with van der Waals surface area (Å²) in [6.45, 7) is -9.44. The summed E-state index contributed by atoms with van der Waals surface area (Å²) in [4.78, 5) is 30.8. The third-order valence-corrected chi connectivity index (χ3v) is 10.4. The fraction of sp³-hybridized carbons (Fsp3) is 0.526. The van der Waals surface area contributed by atoms with E-state index in [1.165, 1.54) is 22.2 Å². The first kappa shape index (κ1) is 30.1. The van der Waals surface area contributed by atoms with Gasteiger partial charge in [-0.05, 0) is 0 Å². The molecule has 2 unspecified atom stereocenters. The largest absolute Gasteiger partial charge is 0.386 e. The van der Waals surface area contributed by atoms with Gasteiger partial charge in [-0.3, -0.25) is 37.9 Å². The highest BCUT2D eigenvalue weighted by molar-refractivity contribution is 8.44. The van der Waals surface area contributed by atoms with E-state index in [0.29, 0.717) is 0 Å². The van der Waals surface area contributed by atoms with Crippen molar-refractivity contribution in [3.63, 3.8) is 0 Å². The average Bonchev–Trinajstić information content (AvgIpc) is 3.72. The van der Waals surface area contributed by atoms with Gasteiger partial charge in [-0.1, -0.05) is 24.5 Å². The lowest BCUT2D eigenvalue weighted by molar-refractivity contribution is -0.0513. The van der Waals surface area contributed by atoms with Gasteiger partial charge in [0.05, 0.1) is 25.6 Å². The van der Waals surface area contributed by atoms with E-state index < -0.39 is 68.8 Å². The van der Waals surface area contributed by atoms with Crippen LogP contribution in [0.2, 0.25) is 0 Å². The molecule has 7 heterocycles. The van der Waals surface area contributed by atoms with Crippen LogP contribution in [0.1, 0.15) is 12.6 Å². The van der Waals surface area contributed by atoms with Crippen molar-refractivity contribution in [3.8, 4) is 0 Å². The van der Waals surface area contributed by atoms with Gasteiger partial charge in [0.2, 0.25) is 5.95 Å². The zero-order valence-electron chi connectivity index (χ0n) is 22.0. The molecule has 4 aliphatic rings. The van der Waals surface area contributed by atoms with E-state index in [-0.39, 0.29) is 47.5 Å². The number of H-pyrrole nitrogens is 1. The Bertz CT molecular complexity index is 1770. The number of hydrazine groups is 2. The molecule has 25 heteroatoms. The molecule has 7 rings (SSSR count). The minimum Gasteiger partial charge on any atom is -0.382 e. The zero-order chi connectivity index (χ0) is 31.0. The lowest BCUT2D eigenvalue weighted by atomic mass is 10.1. The minimum atomic E-state index is -4.27. The average molecular weight is 696 g/mol. The standard InChI is InChI=1S/C19H24FN11O9P2S2/c20-9-12-8(38-18(9)31-14-10(28-29-31)13(21)23-4-24-14)3-36-41(33,43)39-7-1-6(2-35-42(34,44)40-12)37-17(7)30-5-25-11-15(30)26-19(22)27-16(11)32/h4-9,12,17-18,28-29H,1-3H2,(H,33,43)(H,34,44)(H2,21,23,24)(H3,22,26,27,32)/t6-,7-,8+,9-,12+,17+,18+,41?,42?/m0/s1. The van der Waals surface area contributed by atoms with E-state index in [1.807, 2.05) is 0 Å². The van der Waals surface area contributed by atoms with E-state index in [4.69, 9.17) is 39.0 Å². The van der Waals surface area contributed by atoms with Crippen molar-refractivity contribution in [3.05, 3.63) is 23.0 Å². The van der Waals surface area contributed by atoms with Crippen molar-refractivity contribution < 1.29 is 41.1 Å². The number of imidazole rings is 1. The number of anilines is 4. The Balaban J connectivity index is 1.17. The van der Waals surface area contributed by atoms with Crippen molar-refractivity contribution >= 4 is 72.5 Å². The normalized spacial score (nSPS) is 37.5. The number of hydrogen-bond acceptors (Lipinski definition) is 18. The Morgan fingerprint density at radius 2 is 1.80 bits per heavy atom. The minimum absolute atomic E-state index is 0.0277. The number of alkyl halides is 1. The monoisotopic (exact) mass is 695 g/mol. The SMILES string of the molecule is Nc1nc2c(ncn2[C@@H]2O[C@@H]3COP(=O)(S)O[C@H]4[C@H](F)[C@H](N5NNc6c(N)ncnc65)O[C@@H]4COP(=O)(S)O[C@H]2C3)c(=O)[nH]1. The second-order valence-corrected chi connectivity index (χ2v) is 15.7. The number of aromatic nitrogens is 6. The van der Waals surface area contributed by atoms with Crippen molar-refractivity contribution in [1.82, 2.24) is 35.0 Å². The lowest BCUT2D eigenvalue weighted by Gasteiger charge is -2.26. The fourth-order valence-corrected chi connectivity index (χ4v) is 8.22. The molecule has 0 amide bonds. The van der Waals surface area contributed by atoms with Crippen LogP contribution in [0.25, 0.3) is 11.2 Å². The predicted molar refractivity (Wildman–Crippen MR) is 155 cm³/mol. The molecule has 3 aromatic heterocycles. The number of nitrogen functional groups attached to an aromatic ring is 2. The summed E-state index contributed by atoms with van der Waals surface area (Å²) in [7, 11) is 0. The van der Waals surface area contributed by atoms with Gasteiger partial charge in [0.15, 0.2) is 41.4 Å². The molecule has 0 saturated carbocycles. The van der Waals surface area contributed by atoms with Gasteiger partial charge in [0, 0.05) is 6.42 Å². The van der Waals surface area contributed by atoms with Gasteiger partial charge >= 0.3 is 13.6 Å². The van der Waals surface area contributed by atoms with Crippen LogP contribution in [0.15, 0.2) is 17.4 Å². The van der Waals surface area contributed by atoms with Gasteiger partial charge in [-0.2, -0.15) is 4.98 Å². The van der Waals surface area contributed by atoms with Crippen LogP contribution in [-0.4, -0.2) is 79.5 Å². The molecule has 4 aliphatic heterocycles. The van der Waals surface area contributed by atoms with Crippen LogP contribution >= 0.6 is 38.1 Å². The number of fused-ring (bicyclic) bond motifs is 5. The maximum absolute atomic E-state index is 16.0. The molecule has 0 aliphatic carbocycles. The third-order valence-electron chi connectivity index (χ3n) is 7.13. The summed E-state index contributed by atoms with van der Waals surface area (Å²) in [5, 5.41) is 1.19. The second kappa shape index (κ2) is 11.1. The molecule has 0 radical (unpaired) electrons. The molecule has 238 valence electrons. The molecule has 2 bridgehead atoms. The Morgan fingerprint density at radius 3 is 2.61 bits per heavy atom. The maximum atomic E-state index is 16.0. The van der Waals surface area contributed by atoms with Gasteiger partial charge in [-0.15, -0.1) is 5.53 Å². The quantitative estimate of drug-likeness (QED) is 0.144. The number of nitrogens with one attached hydrogen (secondary N) is 3. The van der Waals surface area contributed by atoms with E-state index >= 15 is 4.39 Å². The smallest absolute Gasteiger partial charge is 0.382 e. The fourth-order valence-electron chi connectivity index (χ4n) is 5.23. The van der Waals surface area contributed by atoms with Crippen LogP contribution < -0.4 is 33.0 Å². The Hall–Kier alpha value is -2.56. The molecule has 0 aromatic carbocycles. The number of ether oxygens (including phenoxy) is 2. The van der Waals surface area contributed by atoms with E-state index in [0.717, 1.165) is 0 Å². The maximum Gasteiger partial charge on any atom is 0.386 e. The summed E-state index contributed by atoms with van der Waals surface area (Å²) >= 11 is 8.15. The zero-order valence-corrected chi connectivity index (χ0v) is 25.6. The number of thiol groups is 2. The summed E-state index contributed by atoms with van der Waals surface area (Å²) in [6, 6.07) is 0. The predicted octanol–water partition coefficient (Wildman–Crippen LogP) is 0.669. The third kappa shape index (κ3) is 5.45. The van der Waals surface area contributed by atoms with Gasteiger partial charge in [-0.25, -0.2) is 33.5 Å². The highest BCUT2D eigenvalue weighted by atomic mass is 32.7. The molecule has 20 nitrogen and oxygen atoms in total. The molecular weight excluding hydrogens is 671 g/mol. The van der Waals surface area contributed by atoms with Crippen molar-refractivity contribution in [2.24, 2.45) is 0 Å². The molecule has 9 atom stereocenters. The first-order valence-corrected chi connectivity index (χ1v) is 18.2. The molecular formula is C19H24FN11O9P2S2. The lowest BCUT2D eigenvalue weighted by Crippen LogP contribution is -2.49. The summed E-state index contributed by atoms with van der Waals surface area (Å²) in [5.74, 6) is 0.0817. The van der Waals surface area contributed by atoms with Crippen LogP contribution in [-0.2, 0) is 36.7 Å². The Labute approximate surface area is 256 Å². The highest BCUT2D eigenvalue weighted by Gasteiger charge is 2.54. The molecule has 3 saturated heterocycles. The van der Waals surface area contributed by atoms with Crippen LogP contribution in [0.3, 0.4) is 0 Å². The first-order valence-electron chi connectivity index (χ1n) is 12.8. The van der Waals surface area contributed by atoms with Crippen LogP contribution in [0, 0.1) is 0 Å².